The van der Waals surface area contributed by atoms with Crippen molar-refractivity contribution in [1.82, 2.24) is 10.2 Å². The Hall–Kier alpha value is -2.01. The lowest BCUT2D eigenvalue weighted by Crippen LogP contribution is -1.89. The van der Waals surface area contributed by atoms with E-state index in [1.807, 2.05) is 31.2 Å². The highest BCUT2D eigenvalue weighted by atomic mass is 79.9. The Morgan fingerprint density at radius 3 is 2.84 bits per heavy atom. The van der Waals surface area contributed by atoms with Crippen LogP contribution in [0.3, 0.4) is 0 Å². The van der Waals surface area contributed by atoms with Crippen LogP contribution >= 0.6 is 15.9 Å². The highest BCUT2D eigenvalue weighted by molar-refractivity contribution is 9.10. The Balaban J connectivity index is 2.22. The number of nitrogens with two attached hydrogens (primary N) is 1. The van der Waals surface area contributed by atoms with Gasteiger partial charge in [0.05, 0.1) is 23.1 Å². The molecule has 5 heteroatoms. The van der Waals surface area contributed by atoms with E-state index in [2.05, 4.69) is 32.2 Å². The van der Waals surface area contributed by atoms with Gasteiger partial charge in [0.2, 0.25) is 0 Å². The van der Waals surface area contributed by atoms with Gasteiger partial charge >= 0.3 is 0 Å². The number of nitrogen functional groups attached to an aromatic ring is 1. The summed E-state index contributed by atoms with van der Waals surface area (Å²) in [5.41, 5.74) is 10.9. The van der Waals surface area contributed by atoms with E-state index in [0.29, 0.717) is 10.5 Å². The number of furan rings is 1. The molecule has 0 aliphatic heterocycles. The monoisotopic (exact) mass is 317 g/mol. The van der Waals surface area contributed by atoms with Gasteiger partial charge in [-0.05, 0) is 34.5 Å². The lowest BCUT2D eigenvalue weighted by molar-refractivity contribution is 0.542. The minimum atomic E-state index is 0.480. The summed E-state index contributed by atoms with van der Waals surface area (Å²) in [6.07, 6.45) is 1.62. The number of rotatable bonds is 2. The summed E-state index contributed by atoms with van der Waals surface area (Å²) in [4.78, 5) is 0. The van der Waals surface area contributed by atoms with Gasteiger partial charge in [-0.25, -0.2) is 0 Å². The van der Waals surface area contributed by atoms with Crippen LogP contribution in [-0.4, -0.2) is 10.2 Å². The van der Waals surface area contributed by atoms with Gasteiger partial charge in [0.1, 0.15) is 0 Å². The number of aryl methyl sites for hydroxylation is 1. The first-order valence-corrected chi connectivity index (χ1v) is 6.60. The first-order chi connectivity index (χ1) is 9.16. The zero-order valence-corrected chi connectivity index (χ0v) is 11.9. The van der Waals surface area contributed by atoms with E-state index in [1.54, 1.807) is 6.26 Å². The normalized spacial score (nSPS) is 10.8. The van der Waals surface area contributed by atoms with Crippen LogP contribution in [-0.2, 0) is 0 Å². The molecule has 0 saturated carbocycles. The van der Waals surface area contributed by atoms with E-state index in [1.165, 1.54) is 5.56 Å². The molecule has 0 unspecified atom stereocenters. The third-order valence-corrected chi connectivity index (χ3v) is 3.60. The average Bonchev–Trinajstić information content (AvgIpc) is 2.95. The van der Waals surface area contributed by atoms with Crippen molar-refractivity contribution in [2.75, 3.05) is 5.73 Å². The van der Waals surface area contributed by atoms with Crippen LogP contribution < -0.4 is 5.73 Å². The van der Waals surface area contributed by atoms with Crippen molar-refractivity contribution in [2.45, 2.75) is 6.92 Å². The number of halogens is 1. The Bertz CT molecular complexity index is 730. The molecule has 0 aliphatic carbocycles. The largest absolute Gasteiger partial charge is 0.457 e. The third-order valence-electron chi connectivity index (χ3n) is 2.99. The third kappa shape index (κ3) is 2.06. The number of nitrogens with one attached hydrogen (secondary N) is 1. The molecular weight excluding hydrogens is 306 g/mol. The van der Waals surface area contributed by atoms with Gasteiger partial charge in [-0.2, -0.15) is 5.10 Å². The second-order valence-corrected chi connectivity index (χ2v) is 5.06. The number of anilines is 1. The minimum Gasteiger partial charge on any atom is -0.457 e. The Morgan fingerprint density at radius 2 is 2.16 bits per heavy atom. The summed E-state index contributed by atoms with van der Waals surface area (Å²) in [6.45, 7) is 2.05. The van der Waals surface area contributed by atoms with E-state index in [0.717, 1.165) is 22.4 Å². The van der Waals surface area contributed by atoms with E-state index < -0.39 is 0 Å². The number of aromatic amines is 1. The van der Waals surface area contributed by atoms with Gasteiger partial charge in [-0.1, -0.05) is 29.8 Å². The lowest BCUT2D eigenvalue weighted by Gasteiger charge is -2.04. The molecule has 3 rings (SSSR count). The van der Waals surface area contributed by atoms with Gasteiger partial charge in [-0.15, -0.1) is 0 Å². The topological polar surface area (TPSA) is 67.8 Å². The summed E-state index contributed by atoms with van der Waals surface area (Å²) < 4.78 is 5.93. The summed E-state index contributed by atoms with van der Waals surface area (Å²) in [5.74, 6) is 0.480. The molecule has 0 amide bonds. The SMILES string of the molecule is Cc1cccc(-c2c(N)n[nH]c2-c2ccoc2Br)c1. The summed E-state index contributed by atoms with van der Waals surface area (Å²) >= 11 is 3.38. The van der Waals surface area contributed by atoms with Crippen LogP contribution in [0.15, 0.2) is 45.7 Å². The van der Waals surface area contributed by atoms with Crippen molar-refractivity contribution in [2.24, 2.45) is 0 Å². The maximum atomic E-state index is 5.99. The van der Waals surface area contributed by atoms with E-state index in [4.69, 9.17) is 10.2 Å². The summed E-state index contributed by atoms with van der Waals surface area (Å²) in [5, 5.41) is 7.08. The molecule has 2 aromatic heterocycles. The number of hydrogen-bond donors (Lipinski definition) is 2. The number of aromatic nitrogens is 2. The predicted octanol–water partition coefficient (Wildman–Crippen LogP) is 3.99. The minimum absolute atomic E-state index is 0.480. The maximum Gasteiger partial charge on any atom is 0.178 e. The van der Waals surface area contributed by atoms with Gasteiger partial charge in [0, 0.05) is 0 Å². The van der Waals surface area contributed by atoms with Gasteiger partial charge in [-0.3, -0.25) is 5.10 Å². The van der Waals surface area contributed by atoms with Gasteiger partial charge in [0.15, 0.2) is 10.5 Å². The molecule has 96 valence electrons. The van der Waals surface area contributed by atoms with Crippen molar-refractivity contribution >= 4 is 21.7 Å². The average molecular weight is 318 g/mol. The molecule has 0 saturated heterocycles. The molecule has 0 radical (unpaired) electrons. The van der Waals surface area contributed by atoms with Crippen LogP contribution in [0, 0.1) is 6.92 Å². The lowest BCUT2D eigenvalue weighted by atomic mass is 10.0. The Kier molecular flexibility index (Phi) is 2.91. The molecule has 1 aromatic carbocycles. The fourth-order valence-corrected chi connectivity index (χ4v) is 2.55. The number of benzene rings is 1. The highest BCUT2D eigenvalue weighted by Crippen LogP contribution is 2.38. The van der Waals surface area contributed by atoms with Crippen LogP contribution in [0.25, 0.3) is 22.4 Å². The standard InChI is InChI=1S/C14H12BrN3O/c1-8-3-2-4-9(7-8)11-12(17-18-14(11)16)10-5-6-19-13(10)15/h2-7H,1H3,(H3,16,17,18). The molecule has 2 heterocycles. The fourth-order valence-electron chi connectivity index (χ4n) is 2.12. The first kappa shape index (κ1) is 12.0. The Labute approximate surface area is 118 Å². The first-order valence-electron chi connectivity index (χ1n) is 5.81. The fraction of sp³-hybridized carbons (Fsp3) is 0.0714. The Morgan fingerprint density at radius 1 is 1.32 bits per heavy atom. The van der Waals surface area contributed by atoms with Gasteiger partial charge < -0.3 is 10.2 Å². The maximum absolute atomic E-state index is 5.99. The van der Waals surface area contributed by atoms with Crippen molar-refractivity contribution in [3.63, 3.8) is 0 Å². The van der Waals surface area contributed by atoms with Crippen LogP contribution in [0.1, 0.15) is 5.56 Å². The molecular formula is C14H12BrN3O. The number of H-pyrrole nitrogens is 1. The van der Waals surface area contributed by atoms with Crippen molar-refractivity contribution < 1.29 is 4.42 Å². The van der Waals surface area contributed by atoms with Crippen LogP contribution in [0.5, 0.6) is 0 Å². The molecule has 3 N–H and O–H groups in total. The zero-order valence-electron chi connectivity index (χ0n) is 10.3. The van der Waals surface area contributed by atoms with E-state index >= 15 is 0 Å². The van der Waals surface area contributed by atoms with E-state index in [-0.39, 0.29) is 0 Å². The van der Waals surface area contributed by atoms with Crippen LogP contribution in [0.2, 0.25) is 0 Å². The summed E-state index contributed by atoms with van der Waals surface area (Å²) in [6, 6.07) is 10.0. The molecule has 0 bridgehead atoms. The number of nitrogens with zero attached hydrogens (tertiary/aromatic N) is 1. The molecule has 3 aromatic rings. The smallest absolute Gasteiger partial charge is 0.178 e. The predicted molar refractivity (Wildman–Crippen MR) is 78.6 cm³/mol. The quantitative estimate of drug-likeness (QED) is 0.751. The zero-order chi connectivity index (χ0) is 13.4. The second kappa shape index (κ2) is 4.59. The van der Waals surface area contributed by atoms with Crippen LogP contribution in [0.4, 0.5) is 5.82 Å². The van der Waals surface area contributed by atoms with Crippen molar-refractivity contribution in [3.8, 4) is 22.4 Å². The molecule has 0 spiro atoms. The molecule has 0 atom stereocenters. The summed E-state index contributed by atoms with van der Waals surface area (Å²) in [7, 11) is 0. The molecule has 0 aliphatic rings. The van der Waals surface area contributed by atoms with Crippen molar-refractivity contribution in [1.29, 1.82) is 0 Å². The molecule has 19 heavy (non-hydrogen) atoms. The highest BCUT2D eigenvalue weighted by Gasteiger charge is 2.18. The van der Waals surface area contributed by atoms with E-state index in [9.17, 15) is 0 Å². The second-order valence-electron chi connectivity index (χ2n) is 4.34. The molecule has 0 fully saturated rings. The van der Waals surface area contributed by atoms with Gasteiger partial charge in [0.25, 0.3) is 0 Å². The van der Waals surface area contributed by atoms with Crippen molar-refractivity contribution in [3.05, 3.63) is 46.8 Å². The molecule has 4 nitrogen and oxygen atoms in total. The number of hydrogen-bond acceptors (Lipinski definition) is 3.